The Morgan fingerprint density at radius 2 is 1.15 bits per heavy atom. The molecule has 0 spiro atoms. The molecular weight excluding hydrogens is 207 g/mol. The van der Waals surface area contributed by atoms with Gasteiger partial charge in [0, 0.05) is 0 Å². The molecule has 7 heteroatoms. The Bertz CT molecular complexity index is 68.1. The molecular formula is C6H17KO6. The minimum Gasteiger partial charge on any atom is -0.870 e. The molecule has 1 atom stereocenters. The van der Waals surface area contributed by atoms with E-state index in [0.717, 1.165) is 0 Å². The molecule has 0 aliphatic heterocycles. The number of rotatable bonds is 3. The molecule has 0 saturated carbocycles. The van der Waals surface area contributed by atoms with Crippen molar-refractivity contribution in [2.75, 3.05) is 19.8 Å². The fraction of sp³-hybridized carbons (Fsp3) is 1.00. The standard InChI is InChI=1S/C3H8O3.C3H8O2.K.H2O/c4-1-3(6)2-5;1-3(5)2-4;;/h3-6H,1-2H2;3-5H,2H2,1H3;;1H2/q;;+1;/p-1. The Balaban J connectivity index is -0.0000000546. The molecule has 78 valence electrons. The first kappa shape index (κ1) is 23.9. The molecule has 0 saturated heterocycles. The van der Waals surface area contributed by atoms with Crippen LogP contribution < -0.4 is 51.4 Å². The summed E-state index contributed by atoms with van der Waals surface area (Å²) in [6.45, 7) is 0.660. The molecule has 1 unspecified atom stereocenters. The van der Waals surface area contributed by atoms with Crippen molar-refractivity contribution >= 4 is 0 Å². The van der Waals surface area contributed by atoms with Crippen LogP contribution in [-0.4, -0.2) is 63.0 Å². The van der Waals surface area contributed by atoms with E-state index in [9.17, 15) is 0 Å². The first-order valence-corrected chi connectivity index (χ1v) is 3.27. The van der Waals surface area contributed by atoms with E-state index in [0.29, 0.717) is 0 Å². The number of hydrogen-bond donors (Lipinski definition) is 5. The summed E-state index contributed by atoms with van der Waals surface area (Å²) in [5.74, 6) is 0. The third kappa shape index (κ3) is 31.8. The van der Waals surface area contributed by atoms with E-state index in [2.05, 4.69) is 0 Å². The average molecular weight is 224 g/mol. The third-order valence-electron chi connectivity index (χ3n) is 0.686. The van der Waals surface area contributed by atoms with Gasteiger partial charge in [0.1, 0.15) is 6.10 Å². The molecule has 0 aromatic carbocycles. The monoisotopic (exact) mass is 224 g/mol. The first-order valence-electron chi connectivity index (χ1n) is 3.27. The minimum atomic E-state index is -0.954. The van der Waals surface area contributed by atoms with Gasteiger partial charge in [-0.25, -0.2) is 0 Å². The van der Waals surface area contributed by atoms with Crippen molar-refractivity contribution in [3.63, 3.8) is 0 Å². The molecule has 0 aliphatic carbocycles. The van der Waals surface area contributed by atoms with E-state index >= 15 is 0 Å². The van der Waals surface area contributed by atoms with Crippen LogP contribution >= 0.6 is 0 Å². The van der Waals surface area contributed by atoms with Crippen LogP contribution in [0.15, 0.2) is 0 Å². The molecule has 0 aliphatic rings. The fourth-order valence-electron chi connectivity index (χ4n) is 0.0577. The largest absolute Gasteiger partial charge is 1.00 e. The number of hydrogen-bond acceptors (Lipinski definition) is 6. The van der Waals surface area contributed by atoms with Crippen LogP contribution in [0, 0.1) is 0 Å². The zero-order valence-corrected chi connectivity index (χ0v) is 11.1. The predicted molar refractivity (Wildman–Crippen MR) is 40.9 cm³/mol. The van der Waals surface area contributed by atoms with Crippen molar-refractivity contribution < 1.29 is 82.4 Å². The quantitative estimate of drug-likeness (QED) is 0.304. The Morgan fingerprint density at radius 3 is 1.15 bits per heavy atom. The van der Waals surface area contributed by atoms with E-state index in [-0.39, 0.29) is 76.7 Å². The van der Waals surface area contributed by atoms with E-state index in [1.807, 2.05) is 0 Å². The summed E-state index contributed by atoms with van der Waals surface area (Å²) >= 11 is 0. The first-order chi connectivity index (χ1) is 5.08. The second-order valence-corrected chi connectivity index (χ2v) is 2.05. The molecule has 0 aromatic rings. The molecule has 0 amide bonds. The Kier molecular flexibility index (Phi) is 35.0. The Morgan fingerprint density at radius 1 is 0.923 bits per heavy atom. The van der Waals surface area contributed by atoms with E-state index < -0.39 is 12.2 Å². The van der Waals surface area contributed by atoms with Gasteiger partial charge in [0.2, 0.25) is 0 Å². The summed E-state index contributed by atoms with van der Waals surface area (Å²) in [6, 6.07) is 0. The summed E-state index contributed by atoms with van der Waals surface area (Å²) < 4.78 is 0. The van der Waals surface area contributed by atoms with E-state index in [1.54, 1.807) is 0 Å². The van der Waals surface area contributed by atoms with Gasteiger partial charge >= 0.3 is 51.4 Å². The Labute approximate surface area is 120 Å². The number of aliphatic hydroxyl groups excluding tert-OH is 5. The van der Waals surface area contributed by atoms with Gasteiger partial charge in [-0.2, -0.15) is 0 Å². The third-order valence-corrected chi connectivity index (χ3v) is 0.686. The molecule has 0 radical (unpaired) electrons. The van der Waals surface area contributed by atoms with Gasteiger partial charge in [0.25, 0.3) is 0 Å². The molecule has 6 N–H and O–H groups in total. The van der Waals surface area contributed by atoms with Crippen LogP contribution in [0.3, 0.4) is 0 Å². The van der Waals surface area contributed by atoms with Crippen LogP contribution in [0.25, 0.3) is 0 Å². The van der Waals surface area contributed by atoms with Crippen LogP contribution in [0.5, 0.6) is 0 Å². The van der Waals surface area contributed by atoms with Gasteiger partial charge in [-0.3, -0.25) is 0 Å². The molecule has 0 fully saturated rings. The van der Waals surface area contributed by atoms with E-state index in [4.69, 9.17) is 25.5 Å². The number of aliphatic hydroxyl groups is 5. The fourth-order valence-corrected chi connectivity index (χ4v) is 0.0577. The zero-order valence-electron chi connectivity index (χ0n) is 7.96. The van der Waals surface area contributed by atoms with Gasteiger partial charge in [-0.15, -0.1) is 0 Å². The van der Waals surface area contributed by atoms with Gasteiger partial charge < -0.3 is 31.0 Å². The van der Waals surface area contributed by atoms with Crippen molar-refractivity contribution in [3.05, 3.63) is 0 Å². The topological polar surface area (TPSA) is 131 Å². The summed E-state index contributed by atoms with van der Waals surface area (Å²) in [7, 11) is 0. The molecule has 0 rings (SSSR count). The summed E-state index contributed by atoms with van der Waals surface area (Å²) in [5.41, 5.74) is 0. The zero-order chi connectivity index (χ0) is 9.28. The summed E-state index contributed by atoms with van der Waals surface area (Å²) in [6.07, 6.45) is -1.51. The van der Waals surface area contributed by atoms with Crippen LogP contribution in [0.2, 0.25) is 0 Å². The van der Waals surface area contributed by atoms with Crippen molar-refractivity contribution in [1.82, 2.24) is 0 Å². The van der Waals surface area contributed by atoms with Crippen LogP contribution in [0.4, 0.5) is 0 Å². The molecule has 0 heterocycles. The average Bonchev–Trinajstić information content (AvgIpc) is 2.04. The van der Waals surface area contributed by atoms with E-state index in [1.165, 1.54) is 6.92 Å². The van der Waals surface area contributed by atoms with Gasteiger partial charge in [-0.1, -0.05) is 0 Å². The minimum absolute atomic E-state index is 0. The summed E-state index contributed by atoms with van der Waals surface area (Å²) in [5, 5.41) is 40.0. The van der Waals surface area contributed by atoms with Gasteiger partial charge in [-0.05, 0) is 6.92 Å². The predicted octanol–water partition coefficient (Wildman–Crippen LogP) is -5.48. The maximum absolute atomic E-state index is 8.17. The van der Waals surface area contributed by atoms with Crippen LogP contribution in [-0.2, 0) is 0 Å². The molecule has 13 heavy (non-hydrogen) atoms. The smallest absolute Gasteiger partial charge is 0.870 e. The van der Waals surface area contributed by atoms with Crippen LogP contribution in [0.1, 0.15) is 6.92 Å². The van der Waals surface area contributed by atoms with Gasteiger partial charge in [0.05, 0.1) is 25.9 Å². The van der Waals surface area contributed by atoms with Crippen molar-refractivity contribution in [1.29, 1.82) is 0 Å². The SMILES string of the molecule is CC(O)CO.OCC(O)CO.[K+].[OH-]. The van der Waals surface area contributed by atoms with Crippen molar-refractivity contribution in [2.24, 2.45) is 0 Å². The Hall–Kier alpha value is 1.40. The maximum Gasteiger partial charge on any atom is 1.00 e. The summed E-state index contributed by atoms with van der Waals surface area (Å²) in [4.78, 5) is 0. The van der Waals surface area contributed by atoms with Crippen molar-refractivity contribution in [3.8, 4) is 0 Å². The molecule has 6 nitrogen and oxygen atoms in total. The molecule has 0 bridgehead atoms. The molecule has 0 aromatic heterocycles. The second kappa shape index (κ2) is 19.0. The maximum atomic E-state index is 8.17. The second-order valence-electron chi connectivity index (χ2n) is 2.05. The normalized spacial score (nSPS) is 10.4. The van der Waals surface area contributed by atoms with Crippen molar-refractivity contribution in [2.45, 2.75) is 19.1 Å². The van der Waals surface area contributed by atoms with Gasteiger partial charge in [0.15, 0.2) is 0 Å².